The lowest BCUT2D eigenvalue weighted by Crippen LogP contribution is -2.24. The third-order valence-corrected chi connectivity index (χ3v) is 4.75. The molecule has 0 N–H and O–H groups in total. The normalized spacial score (nSPS) is 10.8. The monoisotopic (exact) mass is 310 g/mol. The Morgan fingerprint density at radius 1 is 1.18 bits per heavy atom. The lowest BCUT2D eigenvalue weighted by molar-refractivity contribution is 0.653. The van der Waals surface area contributed by atoms with E-state index in [1.807, 2.05) is 32.0 Å². The first-order valence-corrected chi connectivity index (χ1v) is 8.18. The minimum absolute atomic E-state index is 0.0466. The molecule has 3 aromatic rings. The van der Waals surface area contributed by atoms with Crippen LogP contribution in [0.1, 0.15) is 16.8 Å². The highest BCUT2D eigenvalue weighted by Gasteiger charge is 2.12. The van der Waals surface area contributed by atoms with Crippen LogP contribution in [-0.2, 0) is 13.0 Å². The van der Waals surface area contributed by atoms with Gasteiger partial charge in [-0.05, 0) is 42.8 Å². The molecule has 2 heterocycles. The van der Waals surface area contributed by atoms with Crippen molar-refractivity contribution in [2.24, 2.45) is 0 Å². The molecule has 0 spiro atoms. The van der Waals surface area contributed by atoms with Crippen molar-refractivity contribution >= 4 is 11.3 Å². The Bertz CT molecular complexity index is 834. The minimum Gasteiger partial charge on any atom is -0.298 e. The number of hydrogen-bond donors (Lipinski definition) is 0. The van der Waals surface area contributed by atoms with E-state index in [2.05, 4.69) is 28.6 Å². The number of benzene rings is 1. The average molecular weight is 310 g/mol. The van der Waals surface area contributed by atoms with Crippen molar-refractivity contribution in [3.05, 3.63) is 75.3 Å². The molecule has 2 aromatic heterocycles. The summed E-state index contributed by atoms with van der Waals surface area (Å²) >= 11 is 1.60. The van der Waals surface area contributed by atoms with Crippen LogP contribution in [0.25, 0.3) is 10.4 Å². The second-order valence-corrected chi connectivity index (χ2v) is 6.34. The van der Waals surface area contributed by atoms with Gasteiger partial charge in [-0.25, -0.2) is 4.98 Å². The van der Waals surface area contributed by atoms with Crippen LogP contribution in [0.5, 0.6) is 0 Å². The molecule has 0 saturated carbocycles. The fourth-order valence-electron chi connectivity index (χ4n) is 2.47. The first kappa shape index (κ1) is 14.7. The number of hydrogen-bond acceptors (Lipinski definition) is 3. The Hall–Kier alpha value is -2.20. The summed E-state index contributed by atoms with van der Waals surface area (Å²) < 4.78 is 1.71. The van der Waals surface area contributed by atoms with Gasteiger partial charge in [-0.15, -0.1) is 11.3 Å². The van der Waals surface area contributed by atoms with Gasteiger partial charge in [0.2, 0.25) is 0 Å². The molecule has 0 bridgehead atoms. The highest BCUT2D eigenvalue weighted by Crippen LogP contribution is 2.25. The van der Waals surface area contributed by atoms with Crippen LogP contribution in [0.2, 0.25) is 0 Å². The first-order valence-electron chi connectivity index (χ1n) is 7.30. The largest absolute Gasteiger partial charge is 0.298 e. The fraction of sp³-hybridized carbons (Fsp3) is 0.222. The van der Waals surface area contributed by atoms with Gasteiger partial charge >= 0.3 is 0 Å². The van der Waals surface area contributed by atoms with Crippen LogP contribution in [-0.4, -0.2) is 9.55 Å². The standard InChI is InChI=1S/C18H18N2OS/c1-13-10-16(22-11-13)17-14(2)19-12-20(18(17)21)9-8-15-6-4-3-5-7-15/h3-7,10-12H,8-9H2,1-2H3. The Balaban J connectivity index is 1.92. The molecule has 0 atom stereocenters. The predicted octanol–water partition coefficient (Wildman–Crippen LogP) is 3.83. The Morgan fingerprint density at radius 3 is 2.64 bits per heavy atom. The van der Waals surface area contributed by atoms with Crippen LogP contribution in [0.15, 0.2) is 52.9 Å². The van der Waals surface area contributed by atoms with Crippen LogP contribution < -0.4 is 5.56 Å². The van der Waals surface area contributed by atoms with Gasteiger partial charge in [0, 0.05) is 11.4 Å². The molecule has 0 aliphatic heterocycles. The van der Waals surface area contributed by atoms with E-state index >= 15 is 0 Å². The zero-order valence-electron chi connectivity index (χ0n) is 12.7. The molecule has 1 aromatic carbocycles. The van der Waals surface area contributed by atoms with Crippen molar-refractivity contribution in [3.8, 4) is 10.4 Å². The van der Waals surface area contributed by atoms with Crippen molar-refractivity contribution in [3.63, 3.8) is 0 Å². The maximum absolute atomic E-state index is 12.8. The third-order valence-electron chi connectivity index (χ3n) is 3.69. The summed E-state index contributed by atoms with van der Waals surface area (Å²) in [5.74, 6) is 0. The van der Waals surface area contributed by atoms with Gasteiger partial charge < -0.3 is 0 Å². The Morgan fingerprint density at radius 2 is 1.95 bits per heavy atom. The van der Waals surface area contributed by atoms with E-state index in [4.69, 9.17) is 0 Å². The lowest BCUT2D eigenvalue weighted by Gasteiger charge is -2.09. The van der Waals surface area contributed by atoms with Crippen LogP contribution in [0, 0.1) is 13.8 Å². The molecular formula is C18H18N2OS. The summed E-state index contributed by atoms with van der Waals surface area (Å²) in [6, 6.07) is 12.3. The van der Waals surface area contributed by atoms with Crippen molar-refractivity contribution in [2.75, 3.05) is 0 Å². The van der Waals surface area contributed by atoms with E-state index in [1.54, 1.807) is 22.2 Å². The van der Waals surface area contributed by atoms with Gasteiger partial charge in [0.1, 0.15) is 0 Å². The molecule has 0 unspecified atom stereocenters. The summed E-state index contributed by atoms with van der Waals surface area (Å²) in [5, 5.41) is 2.07. The molecule has 0 aliphatic rings. The topological polar surface area (TPSA) is 34.9 Å². The molecule has 3 nitrogen and oxygen atoms in total. The number of thiophene rings is 1. The third kappa shape index (κ3) is 3.02. The Labute approximate surface area is 133 Å². The van der Waals surface area contributed by atoms with Gasteiger partial charge in [0.25, 0.3) is 5.56 Å². The molecule has 0 amide bonds. The van der Waals surface area contributed by atoms with Crippen LogP contribution in [0.4, 0.5) is 0 Å². The maximum Gasteiger partial charge on any atom is 0.262 e. The second kappa shape index (κ2) is 6.28. The van der Waals surface area contributed by atoms with Crippen molar-refractivity contribution < 1.29 is 0 Å². The van der Waals surface area contributed by atoms with E-state index in [0.29, 0.717) is 6.54 Å². The summed E-state index contributed by atoms with van der Waals surface area (Å²) in [5.41, 5.74) is 3.98. The van der Waals surface area contributed by atoms with Gasteiger partial charge in [-0.1, -0.05) is 30.3 Å². The maximum atomic E-state index is 12.8. The lowest BCUT2D eigenvalue weighted by atomic mass is 10.1. The van der Waals surface area contributed by atoms with E-state index in [1.165, 1.54) is 11.1 Å². The quantitative estimate of drug-likeness (QED) is 0.734. The van der Waals surface area contributed by atoms with Gasteiger partial charge in [0.05, 0.1) is 17.6 Å². The summed E-state index contributed by atoms with van der Waals surface area (Å²) in [7, 11) is 0. The number of rotatable bonds is 4. The molecule has 4 heteroatoms. The zero-order valence-corrected chi connectivity index (χ0v) is 13.6. The van der Waals surface area contributed by atoms with Crippen LogP contribution >= 0.6 is 11.3 Å². The predicted molar refractivity (Wildman–Crippen MR) is 91.4 cm³/mol. The highest BCUT2D eigenvalue weighted by atomic mass is 32.1. The Kier molecular flexibility index (Phi) is 4.20. The molecule has 0 aliphatic carbocycles. The molecule has 3 rings (SSSR count). The zero-order chi connectivity index (χ0) is 15.5. The number of aryl methyl sites for hydroxylation is 4. The van der Waals surface area contributed by atoms with Gasteiger partial charge in [-0.3, -0.25) is 9.36 Å². The van der Waals surface area contributed by atoms with Crippen molar-refractivity contribution in [1.82, 2.24) is 9.55 Å². The molecule has 112 valence electrons. The van der Waals surface area contributed by atoms with Gasteiger partial charge in [-0.2, -0.15) is 0 Å². The minimum atomic E-state index is 0.0466. The smallest absolute Gasteiger partial charge is 0.262 e. The molecule has 22 heavy (non-hydrogen) atoms. The second-order valence-electron chi connectivity index (χ2n) is 5.43. The van der Waals surface area contributed by atoms with Crippen LogP contribution in [0.3, 0.4) is 0 Å². The first-order chi connectivity index (χ1) is 10.6. The molecule has 0 radical (unpaired) electrons. The SMILES string of the molecule is Cc1csc(-c2c(C)ncn(CCc3ccccc3)c2=O)c1. The summed E-state index contributed by atoms with van der Waals surface area (Å²) in [4.78, 5) is 18.2. The van der Waals surface area contributed by atoms with Gasteiger partial charge in [0.15, 0.2) is 0 Å². The summed E-state index contributed by atoms with van der Waals surface area (Å²) in [6.07, 6.45) is 2.49. The van der Waals surface area contributed by atoms with Crippen molar-refractivity contribution in [2.45, 2.75) is 26.8 Å². The molecule has 0 fully saturated rings. The summed E-state index contributed by atoms with van der Waals surface area (Å²) in [6.45, 7) is 4.58. The average Bonchev–Trinajstić information content (AvgIpc) is 2.94. The number of aromatic nitrogens is 2. The van der Waals surface area contributed by atoms with Crippen molar-refractivity contribution in [1.29, 1.82) is 0 Å². The van der Waals surface area contributed by atoms with E-state index in [-0.39, 0.29) is 5.56 Å². The fourth-order valence-corrected chi connectivity index (χ4v) is 3.46. The van der Waals surface area contributed by atoms with E-state index in [9.17, 15) is 4.79 Å². The molecular weight excluding hydrogens is 292 g/mol. The highest BCUT2D eigenvalue weighted by molar-refractivity contribution is 7.13. The van der Waals surface area contributed by atoms with E-state index in [0.717, 1.165) is 22.6 Å². The number of nitrogens with zero attached hydrogens (tertiary/aromatic N) is 2. The molecule has 0 saturated heterocycles. The van der Waals surface area contributed by atoms with E-state index < -0.39 is 0 Å².